The van der Waals surface area contributed by atoms with Gasteiger partial charge in [-0.2, -0.15) is 0 Å². The quantitative estimate of drug-likeness (QED) is 0.466. The molecule has 0 saturated heterocycles. The van der Waals surface area contributed by atoms with Crippen molar-refractivity contribution in [3.8, 4) is 0 Å². The number of unbranched alkanes of at least 4 members (excludes halogenated alkanes) is 1. The van der Waals surface area contributed by atoms with Crippen LogP contribution in [0, 0.1) is 0 Å². The van der Waals surface area contributed by atoms with Crippen LogP contribution >= 0.6 is 0 Å². The molecule has 1 atom stereocenters. The van der Waals surface area contributed by atoms with E-state index in [0.717, 1.165) is 12.8 Å². The molecule has 0 radical (unpaired) electrons. The molecule has 0 saturated carbocycles. The third-order valence-electron chi connectivity index (χ3n) is 3.49. The van der Waals surface area contributed by atoms with E-state index in [2.05, 4.69) is 0 Å². The van der Waals surface area contributed by atoms with Crippen molar-refractivity contribution in [3.05, 3.63) is 34.3 Å². The van der Waals surface area contributed by atoms with Gasteiger partial charge in [-0.25, -0.2) is 9.59 Å². The van der Waals surface area contributed by atoms with E-state index in [1.807, 2.05) is 6.92 Å². The first-order chi connectivity index (χ1) is 10.5. The van der Waals surface area contributed by atoms with Crippen LogP contribution in [0.25, 0.3) is 11.1 Å². The molecule has 0 amide bonds. The Kier molecular flexibility index (Phi) is 4.80. The minimum absolute atomic E-state index is 0.121. The number of oxazole rings is 1. The van der Waals surface area contributed by atoms with Crippen LogP contribution in [0.2, 0.25) is 0 Å². The van der Waals surface area contributed by atoms with Gasteiger partial charge in [0, 0.05) is 5.56 Å². The van der Waals surface area contributed by atoms with Crippen molar-refractivity contribution >= 4 is 22.9 Å². The van der Waals surface area contributed by atoms with E-state index in [1.165, 1.54) is 17.6 Å². The molecule has 1 aromatic carbocycles. The molecule has 6 heteroatoms. The molecule has 22 heavy (non-hydrogen) atoms. The minimum Gasteiger partial charge on any atom is -0.464 e. The van der Waals surface area contributed by atoms with Crippen molar-refractivity contribution in [2.24, 2.45) is 0 Å². The van der Waals surface area contributed by atoms with Crippen LogP contribution < -0.4 is 5.76 Å². The van der Waals surface area contributed by atoms with Gasteiger partial charge >= 0.3 is 11.7 Å². The van der Waals surface area contributed by atoms with Gasteiger partial charge in [0.15, 0.2) is 11.4 Å². The van der Waals surface area contributed by atoms with Crippen molar-refractivity contribution < 1.29 is 18.7 Å². The highest BCUT2D eigenvalue weighted by Gasteiger charge is 2.22. The number of esters is 1. The molecular formula is C16H19NO5. The summed E-state index contributed by atoms with van der Waals surface area (Å²) in [6.45, 7) is 5.35. The van der Waals surface area contributed by atoms with Gasteiger partial charge in [0.1, 0.15) is 6.04 Å². The van der Waals surface area contributed by atoms with Crippen LogP contribution in [0.15, 0.2) is 27.4 Å². The molecule has 0 aliphatic rings. The highest BCUT2D eigenvalue weighted by atomic mass is 16.5. The first-order valence-electron chi connectivity index (χ1n) is 7.28. The monoisotopic (exact) mass is 305 g/mol. The standard InChI is InChI=1S/C16H19NO5/c1-4-5-8-21-15(19)10(2)17-13-7-6-12(11(3)18)9-14(13)22-16(17)20/h6-7,9-10H,4-5,8H2,1-3H3. The van der Waals surface area contributed by atoms with Crippen molar-refractivity contribution in [2.75, 3.05) is 6.61 Å². The van der Waals surface area contributed by atoms with E-state index in [4.69, 9.17) is 9.15 Å². The van der Waals surface area contributed by atoms with E-state index in [0.29, 0.717) is 17.7 Å². The minimum atomic E-state index is -0.784. The lowest BCUT2D eigenvalue weighted by Gasteiger charge is -2.12. The molecule has 118 valence electrons. The zero-order valence-corrected chi connectivity index (χ0v) is 12.9. The second-order valence-electron chi connectivity index (χ2n) is 5.17. The number of Topliss-reactive ketones (excluding diaryl/α,β-unsaturated/α-hetero) is 1. The van der Waals surface area contributed by atoms with Gasteiger partial charge in [0.25, 0.3) is 0 Å². The number of nitrogens with zero attached hydrogens (tertiary/aromatic N) is 1. The van der Waals surface area contributed by atoms with Crippen LogP contribution in [-0.2, 0) is 9.53 Å². The Hall–Kier alpha value is -2.37. The third kappa shape index (κ3) is 3.10. The highest BCUT2D eigenvalue weighted by Crippen LogP contribution is 2.19. The van der Waals surface area contributed by atoms with Crippen LogP contribution in [0.3, 0.4) is 0 Å². The van der Waals surface area contributed by atoms with Crippen LogP contribution in [-0.4, -0.2) is 22.9 Å². The molecule has 0 bridgehead atoms. The Morgan fingerprint density at radius 3 is 2.73 bits per heavy atom. The SMILES string of the molecule is CCCCOC(=O)C(C)n1c(=O)oc2cc(C(C)=O)ccc21. The van der Waals surface area contributed by atoms with E-state index < -0.39 is 17.8 Å². The van der Waals surface area contributed by atoms with Crippen LogP contribution in [0.4, 0.5) is 0 Å². The lowest BCUT2D eigenvalue weighted by Crippen LogP contribution is -2.26. The average Bonchev–Trinajstić information content (AvgIpc) is 2.81. The van der Waals surface area contributed by atoms with Gasteiger partial charge in [0.2, 0.25) is 0 Å². The molecule has 0 aliphatic carbocycles. The number of aromatic nitrogens is 1. The van der Waals surface area contributed by atoms with E-state index in [1.54, 1.807) is 19.1 Å². The molecule has 1 unspecified atom stereocenters. The molecule has 2 aromatic rings. The molecule has 0 fully saturated rings. The number of ether oxygens (including phenoxy) is 1. The number of hydrogen-bond acceptors (Lipinski definition) is 5. The fourth-order valence-electron chi connectivity index (χ4n) is 2.17. The van der Waals surface area contributed by atoms with Crippen molar-refractivity contribution in [1.29, 1.82) is 0 Å². The van der Waals surface area contributed by atoms with Crippen molar-refractivity contribution in [1.82, 2.24) is 4.57 Å². The summed E-state index contributed by atoms with van der Waals surface area (Å²) in [5.74, 6) is -1.24. The summed E-state index contributed by atoms with van der Waals surface area (Å²) >= 11 is 0. The van der Waals surface area contributed by atoms with Gasteiger partial charge in [0.05, 0.1) is 12.1 Å². The first kappa shape index (κ1) is 16.0. The van der Waals surface area contributed by atoms with Gasteiger partial charge in [-0.1, -0.05) is 13.3 Å². The van der Waals surface area contributed by atoms with E-state index in [-0.39, 0.29) is 11.4 Å². The van der Waals surface area contributed by atoms with Gasteiger partial charge in [-0.3, -0.25) is 9.36 Å². The Balaban J connectivity index is 2.34. The number of hydrogen-bond donors (Lipinski definition) is 0. The summed E-state index contributed by atoms with van der Waals surface area (Å²) in [5, 5.41) is 0. The third-order valence-corrected chi connectivity index (χ3v) is 3.49. The fourth-order valence-corrected chi connectivity index (χ4v) is 2.17. The Morgan fingerprint density at radius 2 is 2.09 bits per heavy atom. The number of carbonyl (C=O) groups excluding carboxylic acids is 2. The molecule has 0 aliphatic heterocycles. The summed E-state index contributed by atoms with van der Waals surface area (Å²) in [7, 11) is 0. The molecule has 1 aromatic heterocycles. The Morgan fingerprint density at radius 1 is 1.36 bits per heavy atom. The molecule has 6 nitrogen and oxygen atoms in total. The maximum Gasteiger partial charge on any atom is 0.420 e. The number of ketones is 1. The normalized spacial score (nSPS) is 12.3. The zero-order chi connectivity index (χ0) is 16.3. The number of fused-ring (bicyclic) bond motifs is 1. The second-order valence-corrected chi connectivity index (χ2v) is 5.17. The van der Waals surface area contributed by atoms with Crippen molar-refractivity contribution in [3.63, 3.8) is 0 Å². The van der Waals surface area contributed by atoms with Gasteiger partial charge in [-0.05, 0) is 38.5 Å². The smallest absolute Gasteiger partial charge is 0.420 e. The summed E-state index contributed by atoms with van der Waals surface area (Å²) < 4.78 is 11.5. The predicted molar refractivity (Wildman–Crippen MR) is 81.1 cm³/mol. The summed E-state index contributed by atoms with van der Waals surface area (Å²) in [6, 6.07) is 3.93. The second kappa shape index (κ2) is 6.60. The maximum absolute atomic E-state index is 12.0. The fraction of sp³-hybridized carbons (Fsp3) is 0.438. The Labute approximate surface area is 127 Å². The van der Waals surface area contributed by atoms with Crippen LogP contribution in [0.5, 0.6) is 0 Å². The number of benzene rings is 1. The topological polar surface area (TPSA) is 78.5 Å². The lowest BCUT2D eigenvalue weighted by molar-refractivity contribution is -0.147. The Bertz CT molecular complexity index is 755. The molecular weight excluding hydrogens is 286 g/mol. The van der Waals surface area contributed by atoms with E-state index in [9.17, 15) is 14.4 Å². The number of carbonyl (C=O) groups is 2. The summed E-state index contributed by atoms with van der Waals surface area (Å²) in [5.41, 5.74) is 1.20. The van der Waals surface area contributed by atoms with Crippen molar-refractivity contribution in [2.45, 2.75) is 39.7 Å². The van der Waals surface area contributed by atoms with E-state index >= 15 is 0 Å². The molecule has 0 spiro atoms. The zero-order valence-electron chi connectivity index (χ0n) is 12.9. The van der Waals surface area contributed by atoms with Crippen LogP contribution in [0.1, 0.15) is 50.0 Å². The maximum atomic E-state index is 12.0. The largest absolute Gasteiger partial charge is 0.464 e. The predicted octanol–water partition coefficient (Wildman–Crippen LogP) is 2.70. The number of rotatable bonds is 6. The average molecular weight is 305 g/mol. The van der Waals surface area contributed by atoms with Gasteiger partial charge < -0.3 is 9.15 Å². The summed E-state index contributed by atoms with van der Waals surface area (Å²) in [6.07, 6.45) is 1.70. The highest BCUT2D eigenvalue weighted by molar-refractivity contribution is 5.97. The molecule has 0 N–H and O–H groups in total. The molecule has 2 rings (SSSR count). The lowest BCUT2D eigenvalue weighted by atomic mass is 10.1. The summed E-state index contributed by atoms with van der Waals surface area (Å²) in [4.78, 5) is 35.4. The molecule has 1 heterocycles. The first-order valence-corrected chi connectivity index (χ1v) is 7.28. The van der Waals surface area contributed by atoms with Gasteiger partial charge in [-0.15, -0.1) is 0 Å².